The second kappa shape index (κ2) is 4.41. The van der Waals surface area contributed by atoms with Gasteiger partial charge in [0.2, 0.25) is 27.3 Å². The summed E-state index contributed by atoms with van der Waals surface area (Å²) in [5, 5.41) is 19.8. The highest BCUT2D eigenvalue weighted by atomic mass is 32.2. The molecule has 0 saturated carbocycles. The van der Waals surface area contributed by atoms with Crippen molar-refractivity contribution in [2.24, 2.45) is 0 Å². The maximum Gasteiger partial charge on any atom is 0.256 e. The molecule has 0 spiro atoms. The third kappa shape index (κ3) is 1.88. The number of hydrogen-bond donors (Lipinski definition) is 2. The normalized spacial score (nSPS) is 17.5. The number of sulfonamides is 1. The molecule has 2 N–H and O–H groups in total. The first-order chi connectivity index (χ1) is 9.50. The Bertz CT molecular complexity index is 739. The number of aromatic hydroxyl groups is 2. The van der Waals surface area contributed by atoms with Crippen LogP contribution < -0.4 is 4.31 Å². The van der Waals surface area contributed by atoms with Crippen LogP contribution in [0.5, 0.6) is 11.5 Å². The Labute approximate surface area is 115 Å². The first kappa shape index (κ1) is 12.8. The number of furan rings is 1. The van der Waals surface area contributed by atoms with Gasteiger partial charge in [-0.05, 0) is 18.6 Å². The Morgan fingerprint density at radius 1 is 1.25 bits per heavy atom. The summed E-state index contributed by atoms with van der Waals surface area (Å²) in [5.41, 5.74) is 0.308. The van der Waals surface area contributed by atoms with Crippen LogP contribution in [-0.2, 0) is 10.0 Å². The van der Waals surface area contributed by atoms with Gasteiger partial charge in [-0.1, -0.05) is 6.07 Å². The Morgan fingerprint density at radius 2 is 2.05 bits per heavy atom. The van der Waals surface area contributed by atoms with Crippen LogP contribution in [-0.4, -0.2) is 35.9 Å². The highest BCUT2D eigenvalue weighted by Crippen LogP contribution is 2.47. The summed E-state index contributed by atoms with van der Waals surface area (Å²) in [6.07, 6.45) is 1.95. The Hall–Kier alpha value is -2.22. The SMILES string of the molecule is O=S1(=O)CCCN1c1oc(-c2ccccn2)c(O)c1O. The Morgan fingerprint density at radius 3 is 2.65 bits per heavy atom. The topological polar surface area (TPSA) is 104 Å². The van der Waals surface area contributed by atoms with E-state index in [0.29, 0.717) is 12.1 Å². The van der Waals surface area contributed by atoms with E-state index in [0.717, 1.165) is 4.31 Å². The van der Waals surface area contributed by atoms with Crippen molar-refractivity contribution in [1.82, 2.24) is 4.98 Å². The van der Waals surface area contributed by atoms with Crippen molar-refractivity contribution in [1.29, 1.82) is 0 Å². The summed E-state index contributed by atoms with van der Waals surface area (Å²) in [6.45, 7) is 0.213. The number of pyridine rings is 1. The summed E-state index contributed by atoms with van der Waals surface area (Å²) in [7, 11) is -3.50. The maximum atomic E-state index is 11.8. The van der Waals surface area contributed by atoms with Crippen LogP contribution in [0.3, 0.4) is 0 Å². The van der Waals surface area contributed by atoms with Crippen molar-refractivity contribution in [2.75, 3.05) is 16.6 Å². The zero-order valence-corrected chi connectivity index (χ0v) is 11.2. The lowest BCUT2D eigenvalue weighted by Crippen LogP contribution is -2.24. The van der Waals surface area contributed by atoms with Crippen LogP contribution >= 0.6 is 0 Å². The van der Waals surface area contributed by atoms with E-state index < -0.39 is 21.5 Å². The van der Waals surface area contributed by atoms with Crippen LogP contribution in [0, 0.1) is 0 Å². The molecule has 20 heavy (non-hydrogen) atoms. The van der Waals surface area contributed by atoms with E-state index in [4.69, 9.17) is 4.42 Å². The molecule has 2 aromatic heterocycles. The summed E-state index contributed by atoms with van der Waals surface area (Å²) in [4.78, 5) is 3.99. The van der Waals surface area contributed by atoms with Gasteiger partial charge in [0, 0.05) is 12.7 Å². The minimum absolute atomic E-state index is 0.00712. The molecule has 0 atom stereocenters. The van der Waals surface area contributed by atoms with Gasteiger partial charge in [0.1, 0.15) is 5.69 Å². The molecule has 1 aliphatic heterocycles. The minimum atomic E-state index is -3.50. The molecule has 7 nitrogen and oxygen atoms in total. The number of anilines is 1. The molecule has 3 rings (SSSR count). The minimum Gasteiger partial charge on any atom is -0.501 e. The van der Waals surface area contributed by atoms with Gasteiger partial charge in [0.15, 0.2) is 0 Å². The predicted octanol–water partition coefficient (Wildman–Crippen LogP) is 1.29. The predicted molar refractivity (Wildman–Crippen MR) is 71.0 cm³/mol. The fourth-order valence-corrected chi connectivity index (χ4v) is 3.61. The highest BCUT2D eigenvalue weighted by molar-refractivity contribution is 7.93. The molecule has 0 unspecified atom stereocenters. The van der Waals surface area contributed by atoms with Crippen molar-refractivity contribution in [3.63, 3.8) is 0 Å². The van der Waals surface area contributed by atoms with Gasteiger partial charge in [0.05, 0.1) is 5.75 Å². The van der Waals surface area contributed by atoms with Gasteiger partial charge in [-0.3, -0.25) is 4.98 Å². The van der Waals surface area contributed by atoms with Gasteiger partial charge in [-0.25, -0.2) is 12.7 Å². The number of hydrogen-bond acceptors (Lipinski definition) is 6. The van der Waals surface area contributed by atoms with Crippen molar-refractivity contribution >= 4 is 15.9 Å². The van der Waals surface area contributed by atoms with Gasteiger partial charge in [-0.15, -0.1) is 0 Å². The number of aromatic nitrogens is 1. The molecule has 0 amide bonds. The zero-order chi connectivity index (χ0) is 14.3. The van der Waals surface area contributed by atoms with Crippen molar-refractivity contribution in [3.8, 4) is 23.0 Å². The number of rotatable bonds is 2. The average molecular weight is 296 g/mol. The third-order valence-electron chi connectivity index (χ3n) is 3.06. The van der Waals surface area contributed by atoms with Crippen molar-refractivity contribution in [2.45, 2.75) is 6.42 Å². The van der Waals surface area contributed by atoms with Crippen LogP contribution in [0.4, 0.5) is 5.88 Å². The largest absolute Gasteiger partial charge is 0.501 e. The lowest BCUT2D eigenvalue weighted by molar-refractivity contribution is 0.409. The van der Waals surface area contributed by atoms with Crippen molar-refractivity contribution in [3.05, 3.63) is 24.4 Å². The average Bonchev–Trinajstić information content (AvgIpc) is 2.92. The Kier molecular flexibility index (Phi) is 2.82. The lowest BCUT2D eigenvalue weighted by Gasteiger charge is -2.12. The molecule has 0 aliphatic carbocycles. The smallest absolute Gasteiger partial charge is 0.256 e. The fraction of sp³-hybridized carbons (Fsp3) is 0.250. The summed E-state index contributed by atoms with van der Waals surface area (Å²) in [6, 6.07) is 4.96. The second-order valence-corrected chi connectivity index (χ2v) is 6.40. The summed E-state index contributed by atoms with van der Waals surface area (Å²) < 4.78 is 30.0. The van der Waals surface area contributed by atoms with E-state index >= 15 is 0 Å². The molecular weight excluding hydrogens is 284 g/mol. The third-order valence-corrected chi connectivity index (χ3v) is 4.89. The first-order valence-corrected chi connectivity index (χ1v) is 7.58. The van der Waals surface area contributed by atoms with E-state index in [1.165, 1.54) is 6.20 Å². The summed E-state index contributed by atoms with van der Waals surface area (Å²) in [5.74, 6) is -1.43. The molecule has 8 heteroatoms. The van der Waals surface area contributed by atoms with Crippen LogP contribution in [0.1, 0.15) is 6.42 Å². The fourth-order valence-electron chi connectivity index (χ4n) is 2.11. The van der Waals surface area contributed by atoms with Gasteiger partial charge < -0.3 is 14.6 Å². The van der Waals surface area contributed by atoms with Crippen LogP contribution in [0.15, 0.2) is 28.8 Å². The van der Waals surface area contributed by atoms with Crippen LogP contribution in [0.25, 0.3) is 11.5 Å². The van der Waals surface area contributed by atoms with E-state index in [2.05, 4.69) is 4.98 Å². The molecule has 1 fully saturated rings. The Balaban J connectivity index is 2.12. The molecule has 3 heterocycles. The van der Waals surface area contributed by atoms with Crippen molar-refractivity contribution < 1.29 is 23.0 Å². The van der Waals surface area contributed by atoms with E-state index in [9.17, 15) is 18.6 Å². The van der Waals surface area contributed by atoms with Gasteiger partial charge in [-0.2, -0.15) is 0 Å². The quantitative estimate of drug-likeness (QED) is 0.865. The molecule has 1 aliphatic rings. The van der Waals surface area contributed by atoms with Gasteiger partial charge in [0.25, 0.3) is 5.88 Å². The van der Waals surface area contributed by atoms with E-state index in [1.807, 2.05) is 0 Å². The molecular formula is C12H12N2O5S. The second-order valence-electron chi connectivity index (χ2n) is 4.39. The highest BCUT2D eigenvalue weighted by Gasteiger charge is 2.35. The molecule has 0 aromatic carbocycles. The van der Waals surface area contributed by atoms with E-state index in [1.54, 1.807) is 18.2 Å². The number of nitrogens with zero attached hydrogens (tertiary/aromatic N) is 2. The molecule has 106 valence electrons. The molecule has 1 saturated heterocycles. The standard InChI is InChI=1S/C12H12N2O5S/c15-9-10(16)12(14-6-3-7-20(14,17)18)19-11(9)8-4-1-2-5-13-8/h1-2,4-5,15-16H,3,6-7H2. The molecule has 0 radical (unpaired) electrons. The maximum absolute atomic E-state index is 11.8. The monoisotopic (exact) mass is 296 g/mol. The zero-order valence-electron chi connectivity index (χ0n) is 10.4. The van der Waals surface area contributed by atoms with Crippen LogP contribution in [0.2, 0.25) is 0 Å². The van der Waals surface area contributed by atoms with Gasteiger partial charge >= 0.3 is 0 Å². The lowest BCUT2D eigenvalue weighted by atomic mass is 10.2. The first-order valence-electron chi connectivity index (χ1n) is 5.97. The van der Waals surface area contributed by atoms with E-state index in [-0.39, 0.29) is 23.9 Å². The molecule has 2 aromatic rings. The summed E-state index contributed by atoms with van der Waals surface area (Å²) >= 11 is 0. The molecule has 0 bridgehead atoms.